The van der Waals surface area contributed by atoms with E-state index in [-0.39, 0.29) is 11.9 Å². The number of nitrogens with zero attached hydrogens (tertiary/aromatic N) is 2. The zero-order valence-electron chi connectivity index (χ0n) is 17.6. The second-order valence-electron chi connectivity index (χ2n) is 7.54. The van der Waals surface area contributed by atoms with E-state index >= 15 is 0 Å². The van der Waals surface area contributed by atoms with E-state index in [1.807, 2.05) is 53.4 Å². The molecule has 5 nitrogen and oxygen atoms in total. The van der Waals surface area contributed by atoms with E-state index < -0.39 is 0 Å². The van der Waals surface area contributed by atoms with E-state index in [0.29, 0.717) is 16.4 Å². The number of carbonyl (C=O) groups excluding carboxylic acids is 1. The Kier molecular flexibility index (Phi) is 7.02. The van der Waals surface area contributed by atoms with Crippen molar-refractivity contribution in [3.63, 3.8) is 0 Å². The molecule has 0 N–H and O–H groups in total. The lowest BCUT2D eigenvalue weighted by Gasteiger charge is -2.30. The van der Waals surface area contributed by atoms with Gasteiger partial charge in [0.05, 0.1) is 29.3 Å². The number of amides is 1. The van der Waals surface area contributed by atoms with Crippen LogP contribution in [0.4, 0.5) is 5.69 Å². The minimum absolute atomic E-state index is 0.0144. The number of ether oxygens (including phenoxy) is 2. The van der Waals surface area contributed by atoms with Crippen molar-refractivity contribution in [2.75, 3.05) is 14.2 Å². The maximum Gasteiger partial charge on any atom is 0.267 e. The van der Waals surface area contributed by atoms with Gasteiger partial charge in [0.2, 0.25) is 0 Å². The summed E-state index contributed by atoms with van der Waals surface area (Å²) >= 11 is 4.96. The Morgan fingerprint density at radius 3 is 2.45 bits per heavy atom. The van der Waals surface area contributed by atoms with Gasteiger partial charge in [0.1, 0.15) is 11.5 Å². The second-order valence-corrected chi connectivity index (χ2v) is 9.40. The Bertz CT molecular complexity index is 1020. The van der Waals surface area contributed by atoms with Crippen LogP contribution in [0.2, 0.25) is 0 Å². The molecule has 2 fully saturated rings. The van der Waals surface area contributed by atoms with Crippen molar-refractivity contribution in [3.05, 3.63) is 57.4 Å². The van der Waals surface area contributed by atoms with Crippen LogP contribution in [0, 0.1) is 0 Å². The van der Waals surface area contributed by atoms with Gasteiger partial charge in [-0.15, -0.1) is 0 Å². The van der Waals surface area contributed by atoms with E-state index in [0.717, 1.165) is 46.6 Å². The molecule has 162 valence electrons. The Balaban J connectivity index is 1.73. The Morgan fingerprint density at radius 2 is 1.77 bits per heavy atom. The van der Waals surface area contributed by atoms with Gasteiger partial charge < -0.3 is 9.47 Å². The summed E-state index contributed by atoms with van der Waals surface area (Å²) in [5.74, 6) is 1.35. The summed E-state index contributed by atoms with van der Waals surface area (Å²) < 4.78 is 11.7. The fourth-order valence-electron chi connectivity index (χ4n) is 3.98. The number of hydrogen-bond acceptors (Lipinski definition) is 5. The van der Waals surface area contributed by atoms with E-state index in [1.165, 1.54) is 18.2 Å². The lowest BCUT2D eigenvalue weighted by atomic mass is 9.94. The van der Waals surface area contributed by atoms with E-state index in [2.05, 4.69) is 15.9 Å². The van der Waals surface area contributed by atoms with Gasteiger partial charge in [0.25, 0.3) is 5.91 Å². The highest BCUT2D eigenvalue weighted by Crippen LogP contribution is 2.41. The van der Waals surface area contributed by atoms with Crippen LogP contribution in [-0.2, 0) is 4.79 Å². The highest BCUT2D eigenvalue weighted by molar-refractivity contribution is 9.10. The molecule has 0 spiro atoms. The third kappa shape index (κ3) is 4.83. The molecule has 1 saturated heterocycles. The van der Waals surface area contributed by atoms with Gasteiger partial charge in [-0.2, -0.15) is 0 Å². The molecule has 2 aromatic rings. The van der Waals surface area contributed by atoms with Crippen LogP contribution in [-0.4, -0.2) is 36.2 Å². The fraction of sp³-hybridized carbons (Fsp3) is 0.333. The van der Waals surface area contributed by atoms with Crippen molar-refractivity contribution >= 4 is 50.5 Å². The zero-order chi connectivity index (χ0) is 21.8. The largest absolute Gasteiger partial charge is 0.496 e. The number of halogens is 1. The Hall–Kier alpha value is -2.25. The normalized spacial score (nSPS) is 20.0. The van der Waals surface area contributed by atoms with Gasteiger partial charge in [0.15, 0.2) is 5.17 Å². The molecule has 0 atom stereocenters. The monoisotopic (exact) mass is 500 g/mol. The minimum Gasteiger partial charge on any atom is -0.496 e. The highest BCUT2D eigenvalue weighted by Gasteiger charge is 2.38. The molecule has 0 radical (unpaired) electrons. The van der Waals surface area contributed by atoms with Crippen LogP contribution in [0.25, 0.3) is 6.08 Å². The van der Waals surface area contributed by atoms with Crippen LogP contribution in [0.1, 0.15) is 37.7 Å². The number of amidine groups is 1. The van der Waals surface area contributed by atoms with Crippen LogP contribution >= 0.6 is 27.7 Å². The van der Waals surface area contributed by atoms with Gasteiger partial charge in [-0.1, -0.05) is 37.5 Å². The third-order valence-electron chi connectivity index (χ3n) is 5.55. The van der Waals surface area contributed by atoms with Crippen molar-refractivity contribution in [1.82, 2.24) is 4.90 Å². The molecule has 1 aliphatic heterocycles. The molecular formula is C24H25BrN2O3S. The molecule has 0 bridgehead atoms. The maximum absolute atomic E-state index is 13.5. The molecule has 0 unspecified atom stereocenters. The first-order chi connectivity index (χ1) is 15.1. The average Bonchev–Trinajstić information content (AvgIpc) is 3.09. The highest BCUT2D eigenvalue weighted by atomic mass is 79.9. The van der Waals surface area contributed by atoms with Gasteiger partial charge in [-0.05, 0) is 64.8 Å². The summed E-state index contributed by atoms with van der Waals surface area (Å²) in [6.07, 6.45) is 7.46. The quantitative estimate of drug-likeness (QED) is 0.445. The molecule has 1 saturated carbocycles. The SMILES string of the molecule is COc1cc(OC)c(/C=C2\SC(=Nc3ccccc3)N(C3CCCCC3)C2=O)cc1Br. The standard InChI is InChI=1S/C24H25BrN2O3S/c1-29-20-15-21(30-2)19(25)13-16(20)14-22-23(28)27(18-11-7-4-8-12-18)24(31-22)26-17-9-5-3-6-10-17/h3,5-6,9-10,13-15,18H,4,7-8,11-12H2,1-2H3/b22-14-,26-24?. The van der Waals surface area contributed by atoms with Gasteiger partial charge in [-0.3, -0.25) is 9.69 Å². The van der Waals surface area contributed by atoms with Crippen LogP contribution < -0.4 is 9.47 Å². The summed E-state index contributed by atoms with van der Waals surface area (Å²) in [6, 6.07) is 13.7. The fourth-order valence-corrected chi connectivity index (χ4v) is 5.55. The summed E-state index contributed by atoms with van der Waals surface area (Å²) in [5, 5.41) is 0.751. The molecular weight excluding hydrogens is 476 g/mol. The van der Waals surface area contributed by atoms with Crippen molar-refractivity contribution in [1.29, 1.82) is 0 Å². The molecule has 2 aliphatic rings. The number of carbonyl (C=O) groups is 1. The molecule has 1 aliphatic carbocycles. The molecule has 1 amide bonds. The topological polar surface area (TPSA) is 51.1 Å². The van der Waals surface area contributed by atoms with E-state index in [4.69, 9.17) is 14.5 Å². The van der Waals surface area contributed by atoms with Crippen LogP contribution in [0.3, 0.4) is 0 Å². The van der Waals surface area contributed by atoms with E-state index in [9.17, 15) is 4.79 Å². The Morgan fingerprint density at radius 1 is 1.06 bits per heavy atom. The van der Waals surface area contributed by atoms with Gasteiger partial charge >= 0.3 is 0 Å². The smallest absolute Gasteiger partial charge is 0.267 e. The first-order valence-corrected chi connectivity index (χ1v) is 12.0. The molecule has 7 heteroatoms. The number of thioether (sulfide) groups is 1. The molecule has 2 aromatic carbocycles. The number of rotatable bonds is 5. The van der Waals surface area contributed by atoms with Crippen molar-refractivity contribution < 1.29 is 14.3 Å². The molecule has 1 heterocycles. The van der Waals surface area contributed by atoms with Crippen LogP contribution in [0.15, 0.2) is 56.8 Å². The minimum atomic E-state index is 0.0144. The predicted molar refractivity (Wildman–Crippen MR) is 130 cm³/mol. The third-order valence-corrected chi connectivity index (χ3v) is 7.15. The van der Waals surface area contributed by atoms with E-state index in [1.54, 1.807) is 14.2 Å². The number of para-hydroxylation sites is 1. The van der Waals surface area contributed by atoms with Gasteiger partial charge in [0, 0.05) is 17.7 Å². The number of aliphatic imine (C=N–C) groups is 1. The maximum atomic E-state index is 13.5. The molecule has 31 heavy (non-hydrogen) atoms. The summed E-state index contributed by atoms with van der Waals surface area (Å²) in [7, 11) is 3.23. The van der Waals surface area contributed by atoms with Crippen molar-refractivity contribution in [2.45, 2.75) is 38.1 Å². The summed E-state index contributed by atoms with van der Waals surface area (Å²) in [4.78, 5) is 20.9. The Labute approximate surface area is 195 Å². The van der Waals surface area contributed by atoms with Crippen LogP contribution in [0.5, 0.6) is 11.5 Å². The number of methoxy groups -OCH3 is 2. The summed E-state index contributed by atoms with van der Waals surface area (Å²) in [5.41, 5.74) is 1.67. The lowest BCUT2D eigenvalue weighted by Crippen LogP contribution is -2.40. The first kappa shape index (κ1) is 22.0. The second kappa shape index (κ2) is 9.92. The van der Waals surface area contributed by atoms with Crippen molar-refractivity contribution in [2.24, 2.45) is 4.99 Å². The molecule has 0 aromatic heterocycles. The predicted octanol–water partition coefficient (Wildman–Crippen LogP) is 6.40. The van der Waals surface area contributed by atoms with Crippen molar-refractivity contribution in [3.8, 4) is 11.5 Å². The molecule has 4 rings (SSSR count). The van der Waals surface area contributed by atoms with Gasteiger partial charge in [-0.25, -0.2) is 4.99 Å². The lowest BCUT2D eigenvalue weighted by molar-refractivity contribution is -0.124. The average molecular weight is 501 g/mol. The first-order valence-electron chi connectivity index (χ1n) is 10.4. The zero-order valence-corrected chi connectivity index (χ0v) is 20.0. The number of benzene rings is 2. The summed E-state index contributed by atoms with van der Waals surface area (Å²) in [6.45, 7) is 0. The number of hydrogen-bond donors (Lipinski definition) is 0.